The molecule has 0 heterocycles. The minimum atomic E-state index is -0.849. The highest BCUT2D eigenvalue weighted by Gasteiger charge is 1.79. The van der Waals surface area contributed by atoms with Crippen LogP contribution in [0.1, 0.15) is 0 Å². The number of aldehydes is 1. The van der Waals surface area contributed by atoms with Crippen molar-refractivity contribution in [3.63, 3.8) is 0 Å². The van der Waals surface area contributed by atoms with Crippen LogP contribution in [-0.4, -0.2) is 6.29 Å². The molecular formula is C3H3FOS. The zero-order chi connectivity index (χ0) is 4.99. The number of hydrogen-bond acceptors (Lipinski definition) is 2. The lowest BCUT2D eigenvalue weighted by Gasteiger charge is -1.67. The van der Waals surface area contributed by atoms with Gasteiger partial charge in [0.25, 0.3) is 0 Å². The van der Waals surface area contributed by atoms with Crippen molar-refractivity contribution in [2.24, 2.45) is 0 Å². The smallest absolute Gasteiger partial charge is 0.178 e. The molecule has 6 heavy (non-hydrogen) atoms. The van der Waals surface area contributed by atoms with Gasteiger partial charge in [-0.2, -0.15) is 0 Å². The van der Waals surface area contributed by atoms with E-state index in [0.29, 0.717) is 0 Å². The molecule has 0 aliphatic rings. The van der Waals surface area contributed by atoms with Crippen LogP contribution in [0.5, 0.6) is 0 Å². The number of halogens is 1. The predicted octanol–water partition coefficient (Wildman–Crippen LogP) is 0.926. The van der Waals surface area contributed by atoms with E-state index in [1.54, 1.807) is 0 Å². The van der Waals surface area contributed by atoms with E-state index in [-0.39, 0.29) is 6.29 Å². The lowest BCUT2D eigenvalue weighted by atomic mass is 10.7. The van der Waals surface area contributed by atoms with Crippen molar-refractivity contribution in [1.82, 2.24) is 0 Å². The number of carbonyl (C=O) groups is 1. The summed E-state index contributed by atoms with van der Waals surface area (Å²) < 4.78 is 11.3. The topological polar surface area (TPSA) is 17.1 Å². The Morgan fingerprint density at radius 3 is 2.33 bits per heavy atom. The summed E-state index contributed by atoms with van der Waals surface area (Å²) in [6.45, 7) is 0. The van der Waals surface area contributed by atoms with Crippen molar-refractivity contribution in [1.29, 1.82) is 0 Å². The van der Waals surface area contributed by atoms with Crippen LogP contribution in [0.15, 0.2) is 11.2 Å². The maximum atomic E-state index is 11.3. The van der Waals surface area contributed by atoms with Gasteiger partial charge < -0.3 is 0 Å². The second-order valence-corrected chi connectivity index (χ2v) is 0.890. The summed E-state index contributed by atoms with van der Waals surface area (Å²) in [5, 5.41) is 0.799. The van der Waals surface area contributed by atoms with Crippen LogP contribution in [-0.2, 0) is 4.79 Å². The van der Waals surface area contributed by atoms with Gasteiger partial charge in [0.15, 0.2) is 12.1 Å². The molecule has 34 valence electrons. The first-order valence-electron chi connectivity index (χ1n) is 1.26. The van der Waals surface area contributed by atoms with Gasteiger partial charge in [-0.15, -0.1) is 12.6 Å². The van der Waals surface area contributed by atoms with Gasteiger partial charge in [0.2, 0.25) is 0 Å². The molecule has 0 fully saturated rings. The molecule has 0 bridgehead atoms. The van der Waals surface area contributed by atoms with Crippen molar-refractivity contribution in [3.8, 4) is 0 Å². The number of hydrogen-bond donors (Lipinski definition) is 1. The summed E-state index contributed by atoms with van der Waals surface area (Å²) >= 11 is 3.33. The van der Waals surface area contributed by atoms with Gasteiger partial charge in [0.05, 0.1) is 0 Å². The van der Waals surface area contributed by atoms with Gasteiger partial charge >= 0.3 is 0 Å². The van der Waals surface area contributed by atoms with Gasteiger partial charge in [0.1, 0.15) is 0 Å². The molecule has 0 saturated carbocycles. The Morgan fingerprint density at radius 2 is 2.33 bits per heavy atom. The van der Waals surface area contributed by atoms with Gasteiger partial charge in [-0.1, -0.05) is 0 Å². The number of carbonyl (C=O) groups excluding carboxylic acids is 1. The maximum Gasteiger partial charge on any atom is 0.178 e. The van der Waals surface area contributed by atoms with Crippen LogP contribution in [0.4, 0.5) is 4.39 Å². The molecule has 0 radical (unpaired) electrons. The van der Waals surface area contributed by atoms with Gasteiger partial charge in [-0.25, -0.2) is 4.39 Å². The quantitative estimate of drug-likeness (QED) is 0.299. The van der Waals surface area contributed by atoms with Gasteiger partial charge in [-0.05, 0) is 0 Å². The number of allylic oxidation sites excluding steroid dienone is 1. The molecule has 1 nitrogen and oxygen atoms in total. The Bertz CT molecular complexity index is 78.9. The second-order valence-electron chi connectivity index (χ2n) is 0.632. The fourth-order valence-electron chi connectivity index (χ4n) is 0.0304. The first-order chi connectivity index (χ1) is 2.81. The Morgan fingerprint density at radius 1 is 1.83 bits per heavy atom. The fraction of sp³-hybridized carbons (Fsp3) is 0. The molecule has 0 saturated heterocycles. The van der Waals surface area contributed by atoms with Crippen molar-refractivity contribution in [2.45, 2.75) is 0 Å². The number of thiol groups is 1. The molecule has 0 aromatic carbocycles. The van der Waals surface area contributed by atoms with Crippen molar-refractivity contribution in [3.05, 3.63) is 11.2 Å². The summed E-state index contributed by atoms with van der Waals surface area (Å²) in [5.41, 5.74) is 0. The highest BCUT2D eigenvalue weighted by atomic mass is 32.1. The van der Waals surface area contributed by atoms with Gasteiger partial charge in [-0.3, -0.25) is 4.79 Å². The van der Waals surface area contributed by atoms with Crippen LogP contribution in [0, 0.1) is 0 Å². The molecule has 0 atom stereocenters. The van der Waals surface area contributed by atoms with E-state index in [2.05, 4.69) is 12.6 Å². The normalized spacial score (nSPS) is 11.3. The standard InChI is InChI=1S/C3H3FOS/c4-3(1-5)2-6/h1-2,6H/b3-2+. The zero-order valence-corrected chi connectivity index (χ0v) is 3.78. The van der Waals surface area contributed by atoms with E-state index in [1.807, 2.05) is 0 Å². The average molecular weight is 106 g/mol. The molecule has 0 aromatic heterocycles. The molecular weight excluding hydrogens is 103 g/mol. The lowest BCUT2D eigenvalue weighted by Crippen LogP contribution is -1.65. The highest BCUT2D eigenvalue weighted by Crippen LogP contribution is 1.89. The van der Waals surface area contributed by atoms with Crippen LogP contribution >= 0.6 is 12.6 Å². The van der Waals surface area contributed by atoms with Crippen molar-refractivity contribution in [2.75, 3.05) is 0 Å². The second kappa shape index (κ2) is 2.90. The SMILES string of the molecule is O=C/C(F)=C\S. The van der Waals surface area contributed by atoms with Crippen LogP contribution in [0.25, 0.3) is 0 Å². The highest BCUT2D eigenvalue weighted by molar-refractivity contribution is 7.83. The molecule has 0 aliphatic heterocycles. The Hall–Kier alpha value is -0.310. The van der Waals surface area contributed by atoms with E-state index in [9.17, 15) is 9.18 Å². The molecule has 0 spiro atoms. The van der Waals surface area contributed by atoms with E-state index in [0.717, 1.165) is 5.41 Å². The van der Waals surface area contributed by atoms with Crippen LogP contribution in [0.3, 0.4) is 0 Å². The summed E-state index contributed by atoms with van der Waals surface area (Å²) in [6, 6.07) is 0. The minimum Gasteiger partial charge on any atom is -0.295 e. The molecule has 3 heteroatoms. The first-order valence-corrected chi connectivity index (χ1v) is 1.78. The summed E-state index contributed by atoms with van der Waals surface area (Å²) in [4.78, 5) is 9.24. The van der Waals surface area contributed by atoms with E-state index in [1.165, 1.54) is 0 Å². The third-order valence-corrected chi connectivity index (χ3v) is 0.483. The third-order valence-electron chi connectivity index (χ3n) is 0.236. The lowest BCUT2D eigenvalue weighted by molar-refractivity contribution is -0.106. The zero-order valence-electron chi connectivity index (χ0n) is 2.89. The van der Waals surface area contributed by atoms with Crippen molar-refractivity contribution < 1.29 is 9.18 Å². The predicted molar refractivity (Wildman–Crippen MR) is 24.2 cm³/mol. The van der Waals surface area contributed by atoms with Crippen molar-refractivity contribution >= 4 is 18.9 Å². The molecule has 0 rings (SSSR count). The van der Waals surface area contributed by atoms with Crippen LogP contribution < -0.4 is 0 Å². The minimum absolute atomic E-state index is 0.0903. The summed E-state index contributed by atoms with van der Waals surface area (Å²) in [7, 11) is 0. The maximum absolute atomic E-state index is 11.3. The van der Waals surface area contributed by atoms with E-state index >= 15 is 0 Å². The summed E-state index contributed by atoms with van der Waals surface area (Å²) in [5.74, 6) is -0.849. The van der Waals surface area contributed by atoms with E-state index in [4.69, 9.17) is 0 Å². The largest absolute Gasteiger partial charge is 0.295 e. The molecule has 0 aliphatic carbocycles. The Labute approximate surface area is 40.3 Å². The molecule has 0 aromatic rings. The molecule has 0 amide bonds. The number of rotatable bonds is 1. The molecule has 0 unspecified atom stereocenters. The summed E-state index contributed by atoms with van der Waals surface area (Å²) in [6.07, 6.45) is 0.0903. The average Bonchev–Trinajstić information content (AvgIpc) is 1.65. The van der Waals surface area contributed by atoms with Gasteiger partial charge in [0, 0.05) is 5.41 Å². The van der Waals surface area contributed by atoms with E-state index < -0.39 is 5.83 Å². The third kappa shape index (κ3) is 1.96. The van der Waals surface area contributed by atoms with Crippen LogP contribution in [0.2, 0.25) is 0 Å². The molecule has 0 N–H and O–H groups in total. The fourth-order valence-corrected chi connectivity index (χ4v) is 0.0913. The Balaban J connectivity index is 3.50. The Kier molecular flexibility index (Phi) is 2.75. The first kappa shape index (κ1) is 5.69. The monoisotopic (exact) mass is 106 g/mol.